The maximum Gasteiger partial charge on any atom is 0.410 e. The van der Waals surface area contributed by atoms with Gasteiger partial charge in [-0.3, -0.25) is 0 Å². The minimum Gasteiger partial charge on any atom is -0.445 e. The Bertz CT molecular complexity index is 846. The first-order chi connectivity index (χ1) is 13.0. The number of likely N-dealkylation sites (tertiary alicyclic amines) is 1. The fourth-order valence-electron chi connectivity index (χ4n) is 3.00. The molecule has 1 heterocycles. The Morgan fingerprint density at radius 1 is 1.26 bits per heavy atom. The topological polar surface area (TPSA) is 65.4 Å². The van der Waals surface area contributed by atoms with Crippen LogP contribution in [-0.4, -0.2) is 29.6 Å². The van der Waals surface area contributed by atoms with E-state index < -0.39 is 5.54 Å². The number of hydrogen-bond donors (Lipinski definition) is 1. The predicted octanol–water partition coefficient (Wildman–Crippen LogP) is 5.21. The molecular formula is C20H19BrClN3O2. The van der Waals surface area contributed by atoms with Gasteiger partial charge in [0.25, 0.3) is 0 Å². The molecule has 0 spiro atoms. The summed E-state index contributed by atoms with van der Waals surface area (Å²) in [6.45, 7) is 1.17. The first-order valence-corrected chi connectivity index (χ1v) is 9.78. The van der Waals surface area contributed by atoms with Crippen LogP contribution in [-0.2, 0) is 11.3 Å². The third-order valence-electron chi connectivity index (χ3n) is 4.60. The van der Waals surface area contributed by atoms with Crippen LogP contribution < -0.4 is 5.32 Å². The van der Waals surface area contributed by atoms with Crippen molar-refractivity contribution in [3.8, 4) is 6.07 Å². The summed E-state index contributed by atoms with van der Waals surface area (Å²) in [5.41, 5.74) is 1.04. The molecule has 3 rings (SSSR count). The van der Waals surface area contributed by atoms with Gasteiger partial charge in [0.15, 0.2) is 0 Å². The zero-order valence-electron chi connectivity index (χ0n) is 14.6. The molecule has 1 N–H and O–H groups in total. The third-order valence-corrected chi connectivity index (χ3v) is 5.81. The number of benzene rings is 2. The largest absolute Gasteiger partial charge is 0.445 e. The lowest BCUT2D eigenvalue weighted by Crippen LogP contribution is -2.50. The van der Waals surface area contributed by atoms with Gasteiger partial charge in [-0.15, -0.1) is 0 Å². The molecule has 1 amide bonds. The van der Waals surface area contributed by atoms with Crippen LogP contribution in [0.4, 0.5) is 10.5 Å². The Hall–Kier alpha value is -2.23. The van der Waals surface area contributed by atoms with Crippen molar-refractivity contribution in [1.29, 1.82) is 5.26 Å². The second-order valence-corrected chi connectivity index (χ2v) is 7.74. The number of amides is 1. The molecule has 0 bridgehead atoms. The van der Waals surface area contributed by atoms with Crippen LogP contribution in [0.25, 0.3) is 0 Å². The molecule has 5 nitrogen and oxygen atoms in total. The smallest absolute Gasteiger partial charge is 0.410 e. The molecule has 1 fully saturated rings. The standard InChI is InChI=1S/C20H19BrClN3O2/c21-17-12-16(6-7-18(17)22)24-20(14-23)8-10-25(11-9-20)19(26)27-13-15-4-2-1-3-5-15/h1-7,12,24H,8-11,13H2. The van der Waals surface area contributed by atoms with E-state index in [4.69, 9.17) is 16.3 Å². The van der Waals surface area contributed by atoms with E-state index in [2.05, 4.69) is 27.3 Å². The lowest BCUT2D eigenvalue weighted by molar-refractivity contribution is 0.0847. The lowest BCUT2D eigenvalue weighted by atomic mass is 9.88. The summed E-state index contributed by atoms with van der Waals surface area (Å²) in [6, 6.07) is 17.4. The fraction of sp³-hybridized carbons (Fsp3) is 0.300. The van der Waals surface area contributed by atoms with E-state index in [0.29, 0.717) is 31.0 Å². The van der Waals surface area contributed by atoms with E-state index >= 15 is 0 Å². The van der Waals surface area contributed by atoms with E-state index in [1.165, 1.54) is 0 Å². The molecule has 1 aliphatic rings. The summed E-state index contributed by atoms with van der Waals surface area (Å²) in [5, 5.41) is 13.6. The van der Waals surface area contributed by atoms with Gasteiger partial charge in [-0.25, -0.2) is 4.79 Å². The summed E-state index contributed by atoms with van der Waals surface area (Å²) in [5.74, 6) is 0. The average Bonchev–Trinajstić information content (AvgIpc) is 2.70. The Morgan fingerprint density at radius 2 is 1.96 bits per heavy atom. The molecule has 0 radical (unpaired) electrons. The van der Waals surface area contributed by atoms with Crippen molar-refractivity contribution in [3.63, 3.8) is 0 Å². The van der Waals surface area contributed by atoms with Crippen molar-refractivity contribution >= 4 is 39.3 Å². The fourth-order valence-corrected chi connectivity index (χ4v) is 3.49. The van der Waals surface area contributed by atoms with Crippen molar-refractivity contribution in [2.45, 2.75) is 25.0 Å². The SMILES string of the molecule is N#CC1(Nc2ccc(Cl)c(Br)c2)CCN(C(=O)OCc2ccccc2)CC1. The third kappa shape index (κ3) is 4.94. The van der Waals surface area contributed by atoms with Gasteiger partial charge in [0.2, 0.25) is 0 Å². The molecule has 0 unspecified atom stereocenters. The maximum atomic E-state index is 12.3. The van der Waals surface area contributed by atoms with E-state index in [0.717, 1.165) is 15.7 Å². The second kappa shape index (κ2) is 8.64. The van der Waals surface area contributed by atoms with Gasteiger partial charge in [0, 0.05) is 36.1 Å². The Kier molecular flexibility index (Phi) is 6.25. The molecule has 2 aromatic carbocycles. The van der Waals surface area contributed by atoms with Crippen LogP contribution in [0.15, 0.2) is 53.0 Å². The van der Waals surface area contributed by atoms with Crippen molar-refractivity contribution in [2.24, 2.45) is 0 Å². The maximum absolute atomic E-state index is 12.3. The number of piperidine rings is 1. The summed E-state index contributed by atoms with van der Waals surface area (Å²) in [7, 11) is 0. The Labute approximate surface area is 172 Å². The van der Waals surface area contributed by atoms with Crippen LogP contribution in [0.3, 0.4) is 0 Å². The van der Waals surface area contributed by atoms with Gasteiger partial charge < -0.3 is 15.0 Å². The number of halogens is 2. The number of ether oxygens (including phenoxy) is 1. The number of carbonyl (C=O) groups is 1. The van der Waals surface area contributed by atoms with Gasteiger partial charge in [-0.1, -0.05) is 41.9 Å². The lowest BCUT2D eigenvalue weighted by Gasteiger charge is -2.37. The van der Waals surface area contributed by atoms with Gasteiger partial charge in [-0.05, 0) is 39.7 Å². The molecule has 140 valence electrons. The van der Waals surface area contributed by atoms with E-state index in [-0.39, 0.29) is 12.7 Å². The van der Waals surface area contributed by atoms with Crippen LogP contribution in [0.5, 0.6) is 0 Å². The number of nitrogens with one attached hydrogen (secondary N) is 1. The summed E-state index contributed by atoms with van der Waals surface area (Å²) >= 11 is 9.41. The number of rotatable bonds is 4. The van der Waals surface area contributed by atoms with Crippen LogP contribution in [0.1, 0.15) is 18.4 Å². The molecule has 0 saturated carbocycles. The average molecular weight is 449 g/mol. The molecule has 27 heavy (non-hydrogen) atoms. The van der Waals surface area contributed by atoms with Gasteiger partial charge >= 0.3 is 6.09 Å². The number of hydrogen-bond acceptors (Lipinski definition) is 4. The van der Waals surface area contributed by atoms with Gasteiger partial charge in [0.05, 0.1) is 11.1 Å². The number of nitriles is 1. The number of anilines is 1. The summed E-state index contributed by atoms with van der Waals surface area (Å²) in [6.07, 6.45) is 0.689. The Morgan fingerprint density at radius 3 is 2.59 bits per heavy atom. The van der Waals surface area contributed by atoms with Crippen LogP contribution in [0.2, 0.25) is 5.02 Å². The van der Waals surface area contributed by atoms with Crippen LogP contribution >= 0.6 is 27.5 Å². The van der Waals surface area contributed by atoms with Crippen molar-refractivity contribution < 1.29 is 9.53 Å². The first-order valence-electron chi connectivity index (χ1n) is 8.61. The van der Waals surface area contributed by atoms with Crippen LogP contribution in [0, 0.1) is 11.3 Å². The zero-order valence-corrected chi connectivity index (χ0v) is 17.0. The number of carbonyl (C=O) groups excluding carboxylic acids is 1. The minimum atomic E-state index is -0.719. The normalized spacial score (nSPS) is 15.7. The molecule has 1 aliphatic heterocycles. The van der Waals surface area contributed by atoms with E-state index in [9.17, 15) is 10.1 Å². The summed E-state index contributed by atoms with van der Waals surface area (Å²) in [4.78, 5) is 13.9. The predicted molar refractivity (Wildman–Crippen MR) is 109 cm³/mol. The first kappa shape index (κ1) is 19.5. The molecule has 1 saturated heterocycles. The highest BCUT2D eigenvalue weighted by molar-refractivity contribution is 9.10. The zero-order chi connectivity index (χ0) is 19.3. The molecule has 0 aromatic heterocycles. The summed E-state index contributed by atoms with van der Waals surface area (Å²) < 4.78 is 6.15. The van der Waals surface area contributed by atoms with Crippen molar-refractivity contribution in [3.05, 3.63) is 63.6 Å². The van der Waals surface area contributed by atoms with E-state index in [1.54, 1.807) is 11.0 Å². The van der Waals surface area contributed by atoms with Crippen molar-refractivity contribution in [1.82, 2.24) is 4.90 Å². The highest BCUT2D eigenvalue weighted by atomic mass is 79.9. The molecule has 0 atom stereocenters. The highest BCUT2D eigenvalue weighted by Gasteiger charge is 2.36. The van der Waals surface area contributed by atoms with Gasteiger partial charge in [-0.2, -0.15) is 5.26 Å². The molecular weight excluding hydrogens is 430 g/mol. The number of nitrogens with zero attached hydrogens (tertiary/aromatic N) is 2. The van der Waals surface area contributed by atoms with E-state index in [1.807, 2.05) is 42.5 Å². The molecule has 2 aromatic rings. The van der Waals surface area contributed by atoms with Crippen molar-refractivity contribution in [2.75, 3.05) is 18.4 Å². The minimum absolute atomic E-state index is 0.247. The van der Waals surface area contributed by atoms with Gasteiger partial charge in [0.1, 0.15) is 12.1 Å². The monoisotopic (exact) mass is 447 g/mol. The quantitative estimate of drug-likeness (QED) is 0.697. The molecule has 0 aliphatic carbocycles. The second-order valence-electron chi connectivity index (χ2n) is 6.48. The highest BCUT2D eigenvalue weighted by Crippen LogP contribution is 2.31. The Balaban J connectivity index is 1.56. The molecule has 7 heteroatoms.